The Morgan fingerprint density at radius 2 is 2.05 bits per heavy atom. The highest BCUT2D eigenvalue weighted by atomic mass is 32.2. The molecule has 2 rings (SSSR count). The maximum atomic E-state index is 11.9. The molecule has 0 amide bonds. The fraction of sp³-hybridized carbons (Fsp3) is 0.333. The van der Waals surface area contributed by atoms with Gasteiger partial charge < -0.3 is 0 Å². The van der Waals surface area contributed by atoms with Crippen molar-refractivity contribution in [3.05, 3.63) is 46.0 Å². The lowest BCUT2D eigenvalue weighted by Gasteiger charge is -2.13. The zero-order chi connectivity index (χ0) is 14.2. The predicted molar refractivity (Wildman–Crippen MR) is 72.5 cm³/mol. The Bertz CT molecular complexity index is 780. The maximum Gasteiger partial charge on any atom is 0.258 e. The molecule has 0 spiro atoms. The Morgan fingerprint density at radius 1 is 1.37 bits per heavy atom. The summed E-state index contributed by atoms with van der Waals surface area (Å²) in [4.78, 5) is 16.2. The molecule has 2 aromatic heterocycles. The van der Waals surface area contributed by atoms with E-state index in [9.17, 15) is 13.2 Å². The van der Waals surface area contributed by atoms with Gasteiger partial charge in [0.25, 0.3) is 5.56 Å². The Morgan fingerprint density at radius 3 is 2.68 bits per heavy atom. The SMILES string of the molecule is Cc1ccn2c(=O)cc(CN(C)S(C)(=O)=O)nc2c1. The molecule has 0 fully saturated rings. The highest BCUT2D eigenvalue weighted by Gasteiger charge is 2.13. The van der Waals surface area contributed by atoms with Gasteiger partial charge in [0.1, 0.15) is 5.65 Å². The van der Waals surface area contributed by atoms with Gasteiger partial charge in [-0.25, -0.2) is 13.4 Å². The van der Waals surface area contributed by atoms with Crippen LogP contribution < -0.4 is 5.56 Å². The van der Waals surface area contributed by atoms with Crippen molar-refractivity contribution in [3.8, 4) is 0 Å². The van der Waals surface area contributed by atoms with E-state index in [4.69, 9.17) is 0 Å². The number of hydrogen-bond acceptors (Lipinski definition) is 4. The van der Waals surface area contributed by atoms with Gasteiger partial charge >= 0.3 is 0 Å². The smallest absolute Gasteiger partial charge is 0.258 e. The first-order chi connectivity index (χ1) is 8.77. The van der Waals surface area contributed by atoms with Gasteiger partial charge in [-0.2, -0.15) is 4.31 Å². The first-order valence-electron chi connectivity index (χ1n) is 5.67. The molecule has 6 nitrogen and oxygen atoms in total. The molecule has 2 heterocycles. The van der Waals surface area contributed by atoms with Crippen LogP contribution in [0.15, 0.2) is 29.2 Å². The van der Waals surface area contributed by atoms with Crippen molar-refractivity contribution in [2.45, 2.75) is 13.5 Å². The van der Waals surface area contributed by atoms with Crippen molar-refractivity contribution in [3.63, 3.8) is 0 Å². The van der Waals surface area contributed by atoms with E-state index in [-0.39, 0.29) is 12.1 Å². The average Bonchev–Trinajstić information content (AvgIpc) is 2.26. The third-order valence-corrected chi connectivity index (χ3v) is 4.09. The van der Waals surface area contributed by atoms with Crippen LogP contribution in [-0.2, 0) is 16.6 Å². The summed E-state index contributed by atoms with van der Waals surface area (Å²) in [5, 5.41) is 0. The molecule has 102 valence electrons. The maximum absolute atomic E-state index is 11.9. The van der Waals surface area contributed by atoms with Crippen molar-refractivity contribution < 1.29 is 8.42 Å². The summed E-state index contributed by atoms with van der Waals surface area (Å²) < 4.78 is 25.3. The van der Waals surface area contributed by atoms with Crippen LogP contribution in [0.1, 0.15) is 11.3 Å². The standard InChI is InChI=1S/C12H15N3O3S/c1-9-4-5-15-11(6-9)13-10(7-12(15)16)8-14(2)19(3,17)18/h4-7H,8H2,1-3H3. The summed E-state index contributed by atoms with van der Waals surface area (Å²) >= 11 is 0. The van der Waals surface area contributed by atoms with Crippen molar-refractivity contribution in [2.75, 3.05) is 13.3 Å². The topological polar surface area (TPSA) is 71.8 Å². The molecule has 0 aliphatic carbocycles. The normalized spacial score (nSPS) is 12.2. The molecule has 7 heteroatoms. The van der Waals surface area contributed by atoms with Crippen LogP contribution in [-0.4, -0.2) is 35.4 Å². The lowest BCUT2D eigenvalue weighted by atomic mass is 10.3. The molecule has 0 N–H and O–H groups in total. The first kappa shape index (κ1) is 13.7. The lowest BCUT2D eigenvalue weighted by Crippen LogP contribution is -2.27. The van der Waals surface area contributed by atoms with E-state index in [0.29, 0.717) is 11.3 Å². The molecule has 0 saturated carbocycles. The van der Waals surface area contributed by atoms with E-state index >= 15 is 0 Å². The predicted octanol–water partition coefficient (Wildman–Crippen LogP) is 0.394. The quantitative estimate of drug-likeness (QED) is 0.816. The molecule has 0 aliphatic rings. The molecular formula is C12H15N3O3S. The molecule has 2 aromatic rings. The number of sulfonamides is 1. The summed E-state index contributed by atoms with van der Waals surface area (Å²) in [5.74, 6) is 0. The number of rotatable bonds is 3. The molecule has 19 heavy (non-hydrogen) atoms. The number of fused-ring (bicyclic) bond motifs is 1. The molecule has 0 bridgehead atoms. The van der Waals surface area contributed by atoms with Crippen molar-refractivity contribution in [1.29, 1.82) is 0 Å². The zero-order valence-corrected chi connectivity index (χ0v) is 11.8. The largest absolute Gasteiger partial charge is 0.269 e. The number of hydrogen-bond donors (Lipinski definition) is 0. The molecule has 0 atom stereocenters. The van der Waals surface area contributed by atoms with Crippen LogP contribution in [0.5, 0.6) is 0 Å². The lowest BCUT2D eigenvalue weighted by molar-refractivity contribution is 0.467. The Labute approximate surface area is 111 Å². The van der Waals surface area contributed by atoms with Crippen LogP contribution in [0.3, 0.4) is 0 Å². The number of nitrogens with zero attached hydrogens (tertiary/aromatic N) is 3. The molecule has 0 aromatic carbocycles. The number of aromatic nitrogens is 2. The summed E-state index contributed by atoms with van der Waals surface area (Å²) in [5.41, 5.74) is 1.72. The van der Waals surface area contributed by atoms with Crippen molar-refractivity contribution in [2.24, 2.45) is 0 Å². The molecule has 0 radical (unpaired) electrons. The molecule has 0 aliphatic heterocycles. The Hall–Kier alpha value is -1.73. The van der Waals surface area contributed by atoms with Gasteiger partial charge in [0, 0.05) is 19.3 Å². The third-order valence-electron chi connectivity index (χ3n) is 2.83. The van der Waals surface area contributed by atoms with Gasteiger partial charge in [-0.3, -0.25) is 9.20 Å². The van der Waals surface area contributed by atoms with Crippen LogP contribution in [0.25, 0.3) is 5.65 Å². The van der Waals surface area contributed by atoms with Crippen LogP contribution in [0, 0.1) is 6.92 Å². The number of pyridine rings is 1. The average molecular weight is 281 g/mol. The summed E-state index contributed by atoms with van der Waals surface area (Å²) in [6, 6.07) is 4.95. The second-order valence-electron chi connectivity index (χ2n) is 4.54. The minimum Gasteiger partial charge on any atom is -0.269 e. The monoisotopic (exact) mass is 281 g/mol. The van der Waals surface area contributed by atoms with Crippen molar-refractivity contribution in [1.82, 2.24) is 13.7 Å². The highest BCUT2D eigenvalue weighted by molar-refractivity contribution is 7.88. The number of aryl methyl sites for hydroxylation is 1. The van der Waals surface area contributed by atoms with Gasteiger partial charge in [0.05, 0.1) is 18.5 Å². The van der Waals surface area contributed by atoms with Gasteiger partial charge in [-0.05, 0) is 24.6 Å². The second kappa shape index (κ2) is 4.75. The molecule has 0 saturated heterocycles. The molecular weight excluding hydrogens is 266 g/mol. The zero-order valence-electron chi connectivity index (χ0n) is 11.0. The second-order valence-corrected chi connectivity index (χ2v) is 6.63. The fourth-order valence-electron chi connectivity index (χ4n) is 1.68. The van der Waals surface area contributed by atoms with Gasteiger partial charge in [-0.1, -0.05) is 0 Å². The fourth-order valence-corrected chi connectivity index (χ4v) is 2.05. The minimum atomic E-state index is -3.29. The van der Waals surface area contributed by atoms with Gasteiger partial charge in [0.15, 0.2) is 0 Å². The van der Waals surface area contributed by atoms with E-state index in [1.54, 1.807) is 12.3 Å². The first-order valence-corrected chi connectivity index (χ1v) is 7.52. The summed E-state index contributed by atoms with van der Waals surface area (Å²) in [6.07, 6.45) is 2.77. The van der Waals surface area contributed by atoms with Crippen molar-refractivity contribution >= 4 is 15.7 Å². The van der Waals surface area contributed by atoms with Crippen LogP contribution in [0.4, 0.5) is 0 Å². The van der Waals surface area contributed by atoms with Gasteiger partial charge in [0.2, 0.25) is 10.0 Å². The van der Waals surface area contributed by atoms with Crippen LogP contribution in [0.2, 0.25) is 0 Å². The van der Waals surface area contributed by atoms with E-state index in [1.165, 1.54) is 17.5 Å². The summed E-state index contributed by atoms with van der Waals surface area (Å²) in [6.45, 7) is 1.99. The van der Waals surface area contributed by atoms with Gasteiger partial charge in [-0.15, -0.1) is 0 Å². The van der Waals surface area contributed by atoms with E-state index in [1.807, 2.05) is 13.0 Å². The minimum absolute atomic E-state index is 0.0819. The van der Waals surface area contributed by atoms with Crippen LogP contribution >= 0.6 is 0 Å². The summed E-state index contributed by atoms with van der Waals surface area (Å²) in [7, 11) is -1.84. The van der Waals surface area contributed by atoms with E-state index in [2.05, 4.69) is 4.98 Å². The van der Waals surface area contributed by atoms with E-state index in [0.717, 1.165) is 16.1 Å². The Balaban J connectivity index is 2.49. The Kier molecular flexibility index (Phi) is 3.42. The highest BCUT2D eigenvalue weighted by Crippen LogP contribution is 2.06. The third kappa shape index (κ3) is 2.99. The van der Waals surface area contributed by atoms with E-state index < -0.39 is 10.0 Å². The molecule has 0 unspecified atom stereocenters.